The highest BCUT2D eigenvalue weighted by atomic mass is 19.1. The standard InChI is InChI=1S/C17H14FN3O/c18-13-8-6-11(7-9-13)15-16(20-17(22)12-4-5-12)21-10-2-1-3-14(21)19-15/h1-3,6-10,12H,4-5H2,(H,20,22). The number of halogens is 1. The third-order valence-electron chi connectivity index (χ3n) is 3.84. The van der Waals surface area contributed by atoms with Crippen LogP contribution < -0.4 is 5.32 Å². The molecular weight excluding hydrogens is 281 g/mol. The SMILES string of the molecule is O=C(Nc1c(-c2ccc(F)cc2)nc2ccccn12)C1CC1. The van der Waals surface area contributed by atoms with Crippen LogP contribution in [0.3, 0.4) is 0 Å². The van der Waals surface area contributed by atoms with Crippen LogP contribution in [0, 0.1) is 11.7 Å². The summed E-state index contributed by atoms with van der Waals surface area (Å²) in [6.07, 6.45) is 3.74. The summed E-state index contributed by atoms with van der Waals surface area (Å²) in [5.41, 5.74) is 2.17. The van der Waals surface area contributed by atoms with Crippen LogP contribution in [-0.4, -0.2) is 15.3 Å². The summed E-state index contributed by atoms with van der Waals surface area (Å²) in [6, 6.07) is 11.8. The lowest BCUT2D eigenvalue weighted by atomic mass is 10.1. The van der Waals surface area contributed by atoms with E-state index in [-0.39, 0.29) is 17.6 Å². The molecule has 2 heterocycles. The Balaban J connectivity index is 1.84. The van der Waals surface area contributed by atoms with Crippen molar-refractivity contribution in [2.75, 3.05) is 5.32 Å². The predicted molar refractivity (Wildman–Crippen MR) is 81.9 cm³/mol. The molecule has 0 unspecified atom stereocenters. The van der Waals surface area contributed by atoms with Crippen LogP contribution in [0.2, 0.25) is 0 Å². The number of fused-ring (bicyclic) bond motifs is 1. The van der Waals surface area contributed by atoms with Crippen molar-refractivity contribution in [3.8, 4) is 11.3 Å². The molecule has 1 aliphatic carbocycles. The number of hydrogen-bond donors (Lipinski definition) is 1. The van der Waals surface area contributed by atoms with Crippen LogP contribution in [0.1, 0.15) is 12.8 Å². The maximum Gasteiger partial charge on any atom is 0.228 e. The quantitative estimate of drug-likeness (QED) is 0.804. The van der Waals surface area contributed by atoms with Crippen molar-refractivity contribution >= 4 is 17.4 Å². The van der Waals surface area contributed by atoms with Gasteiger partial charge in [-0.2, -0.15) is 0 Å². The van der Waals surface area contributed by atoms with Gasteiger partial charge in [-0.1, -0.05) is 6.07 Å². The van der Waals surface area contributed by atoms with E-state index in [9.17, 15) is 9.18 Å². The first kappa shape index (κ1) is 13.0. The lowest BCUT2D eigenvalue weighted by Crippen LogP contribution is -2.15. The van der Waals surface area contributed by atoms with E-state index < -0.39 is 0 Å². The second-order valence-electron chi connectivity index (χ2n) is 5.51. The number of anilines is 1. The molecule has 22 heavy (non-hydrogen) atoms. The van der Waals surface area contributed by atoms with Crippen molar-refractivity contribution in [3.05, 3.63) is 54.5 Å². The summed E-state index contributed by atoms with van der Waals surface area (Å²) in [5.74, 6) is 0.472. The summed E-state index contributed by atoms with van der Waals surface area (Å²) in [7, 11) is 0. The first-order chi connectivity index (χ1) is 10.7. The van der Waals surface area contributed by atoms with E-state index in [0.717, 1.165) is 24.1 Å². The van der Waals surface area contributed by atoms with E-state index in [4.69, 9.17) is 0 Å². The number of carbonyl (C=O) groups is 1. The molecule has 110 valence electrons. The molecule has 0 spiro atoms. The molecule has 2 aromatic heterocycles. The van der Waals surface area contributed by atoms with Gasteiger partial charge in [0.1, 0.15) is 23.0 Å². The topological polar surface area (TPSA) is 46.4 Å². The zero-order chi connectivity index (χ0) is 15.1. The fraction of sp³-hybridized carbons (Fsp3) is 0.176. The fourth-order valence-electron chi connectivity index (χ4n) is 2.49. The van der Waals surface area contributed by atoms with E-state index in [1.165, 1.54) is 12.1 Å². The summed E-state index contributed by atoms with van der Waals surface area (Å²) in [4.78, 5) is 16.7. The Hall–Kier alpha value is -2.69. The van der Waals surface area contributed by atoms with Gasteiger partial charge in [-0.3, -0.25) is 9.20 Å². The smallest absolute Gasteiger partial charge is 0.228 e. The van der Waals surface area contributed by atoms with Crippen LogP contribution in [-0.2, 0) is 4.79 Å². The van der Waals surface area contributed by atoms with Crippen molar-refractivity contribution in [2.24, 2.45) is 5.92 Å². The van der Waals surface area contributed by atoms with Crippen LogP contribution in [0.25, 0.3) is 16.9 Å². The van der Waals surface area contributed by atoms with Gasteiger partial charge >= 0.3 is 0 Å². The molecule has 1 amide bonds. The number of benzene rings is 1. The molecule has 3 aromatic rings. The molecule has 1 aromatic carbocycles. The minimum absolute atomic E-state index is 0.0222. The fourth-order valence-corrected chi connectivity index (χ4v) is 2.49. The van der Waals surface area contributed by atoms with E-state index in [1.54, 1.807) is 12.1 Å². The molecule has 0 atom stereocenters. The molecule has 4 nitrogen and oxygen atoms in total. The Morgan fingerprint density at radius 2 is 1.95 bits per heavy atom. The van der Waals surface area contributed by atoms with Gasteiger partial charge in [0.25, 0.3) is 0 Å². The van der Waals surface area contributed by atoms with Gasteiger partial charge in [-0.25, -0.2) is 9.37 Å². The Morgan fingerprint density at radius 1 is 1.18 bits per heavy atom. The number of rotatable bonds is 3. The van der Waals surface area contributed by atoms with Crippen LogP contribution in [0.4, 0.5) is 10.2 Å². The molecule has 5 heteroatoms. The minimum Gasteiger partial charge on any atom is -0.310 e. The van der Waals surface area contributed by atoms with Crippen LogP contribution in [0.5, 0.6) is 0 Å². The van der Waals surface area contributed by atoms with Crippen LogP contribution >= 0.6 is 0 Å². The lowest BCUT2D eigenvalue weighted by Gasteiger charge is -2.07. The predicted octanol–water partition coefficient (Wildman–Crippen LogP) is 3.49. The Bertz CT molecular complexity index is 850. The Labute approximate surface area is 126 Å². The van der Waals surface area contributed by atoms with Gasteiger partial charge in [0, 0.05) is 17.7 Å². The number of imidazole rings is 1. The van der Waals surface area contributed by atoms with Gasteiger partial charge in [-0.15, -0.1) is 0 Å². The zero-order valence-corrected chi connectivity index (χ0v) is 11.8. The normalized spacial score (nSPS) is 14.2. The number of hydrogen-bond acceptors (Lipinski definition) is 2. The minimum atomic E-state index is -0.295. The van der Waals surface area contributed by atoms with Crippen molar-refractivity contribution in [3.63, 3.8) is 0 Å². The van der Waals surface area contributed by atoms with E-state index in [1.807, 2.05) is 28.8 Å². The molecule has 1 fully saturated rings. The average molecular weight is 295 g/mol. The maximum atomic E-state index is 13.1. The van der Waals surface area contributed by atoms with E-state index in [2.05, 4.69) is 10.3 Å². The first-order valence-corrected chi connectivity index (χ1v) is 7.26. The van der Waals surface area contributed by atoms with Crippen molar-refractivity contribution < 1.29 is 9.18 Å². The van der Waals surface area contributed by atoms with Crippen molar-refractivity contribution in [1.29, 1.82) is 0 Å². The zero-order valence-electron chi connectivity index (χ0n) is 11.8. The summed E-state index contributed by atoms with van der Waals surface area (Å²) >= 11 is 0. The van der Waals surface area contributed by atoms with Gasteiger partial charge in [0.05, 0.1) is 0 Å². The number of pyridine rings is 1. The highest BCUT2D eigenvalue weighted by Crippen LogP contribution is 2.33. The second kappa shape index (κ2) is 4.94. The second-order valence-corrected chi connectivity index (χ2v) is 5.51. The van der Waals surface area contributed by atoms with Crippen molar-refractivity contribution in [1.82, 2.24) is 9.38 Å². The van der Waals surface area contributed by atoms with Gasteiger partial charge in [-0.05, 0) is 49.2 Å². The molecule has 4 rings (SSSR count). The van der Waals surface area contributed by atoms with Gasteiger partial charge in [0.2, 0.25) is 5.91 Å². The molecule has 1 aliphatic rings. The summed E-state index contributed by atoms with van der Waals surface area (Å²) < 4.78 is 15.0. The molecule has 1 saturated carbocycles. The third-order valence-corrected chi connectivity index (χ3v) is 3.84. The van der Waals surface area contributed by atoms with Crippen LogP contribution in [0.15, 0.2) is 48.7 Å². The third kappa shape index (κ3) is 2.24. The van der Waals surface area contributed by atoms with Gasteiger partial charge in [0.15, 0.2) is 0 Å². The van der Waals surface area contributed by atoms with E-state index >= 15 is 0 Å². The molecule has 0 bridgehead atoms. The highest BCUT2D eigenvalue weighted by molar-refractivity contribution is 5.97. The molecule has 0 radical (unpaired) electrons. The van der Waals surface area contributed by atoms with Crippen molar-refractivity contribution in [2.45, 2.75) is 12.8 Å². The average Bonchev–Trinajstić information content (AvgIpc) is 3.32. The maximum absolute atomic E-state index is 13.1. The largest absolute Gasteiger partial charge is 0.310 e. The number of nitrogens with one attached hydrogen (secondary N) is 1. The van der Waals surface area contributed by atoms with E-state index in [0.29, 0.717) is 11.5 Å². The summed E-state index contributed by atoms with van der Waals surface area (Å²) in [6.45, 7) is 0. The molecule has 0 saturated heterocycles. The number of carbonyl (C=O) groups excluding carboxylic acids is 1. The number of amides is 1. The van der Waals surface area contributed by atoms with Gasteiger partial charge < -0.3 is 5.32 Å². The molecule has 1 N–H and O–H groups in total. The Morgan fingerprint density at radius 3 is 2.68 bits per heavy atom. The monoisotopic (exact) mass is 295 g/mol. The lowest BCUT2D eigenvalue weighted by molar-refractivity contribution is -0.117. The highest BCUT2D eigenvalue weighted by Gasteiger charge is 2.31. The molecule has 0 aliphatic heterocycles. The number of aromatic nitrogens is 2. The molecular formula is C17H14FN3O. The number of nitrogens with zero attached hydrogens (tertiary/aromatic N) is 2. The summed E-state index contributed by atoms with van der Waals surface area (Å²) in [5, 5.41) is 2.98. The Kier molecular flexibility index (Phi) is 2.92. The first-order valence-electron chi connectivity index (χ1n) is 7.26.